The highest BCUT2D eigenvalue weighted by molar-refractivity contribution is 6.17. The van der Waals surface area contributed by atoms with E-state index in [-0.39, 0.29) is 11.9 Å². The lowest BCUT2D eigenvalue weighted by atomic mass is 9.99. The predicted molar refractivity (Wildman–Crippen MR) is 77.0 cm³/mol. The Hall–Kier alpha value is -1.62. The lowest BCUT2D eigenvalue weighted by Gasteiger charge is -2.35. The van der Waals surface area contributed by atoms with Crippen molar-refractivity contribution < 1.29 is 4.79 Å². The molecular formula is C14H17ClN4O. The van der Waals surface area contributed by atoms with Gasteiger partial charge in [-0.2, -0.15) is 5.10 Å². The fourth-order valence-electron chi connectivity index (χ4n) is 2.85. The van der Waals surface area contributed by atoms with Crippen LogP contribution in [0.5, 0.6) is 0 Å². The molecule has 3 rings (SSSR count). The molecule has 0 spiro atoms. The molecule has 1 fully saturated rings. The summed E-state index contributed by atoms with van der Waals surface area (Å²) in [5, 5.41) is 4.21. The van der Waals surface area contributed by atoms with Gasteiger partial charge in [-0.1, -0.05) is 0 Å². The Balaban J connectivity index is 1.90. The molecule has 1 aliphatic rings. The number of piperidine rings is 1. The summed E-state index contributed by atoms with van der Waals surface area (Å²) in [5.74, 6) is 0.632. The van der Waals surface area contributed by atoms with Gasteiger partial charge in [0.05, 0.1) is 23.5 Å². The van der Waals surface area contributed by atoms with Crippen molar-refractivity contribution in [3.8, 4) is 0 Å². The number of fused-ring (bicyclic) bond motifs is 1. The smallest absolute Gasteiger partial charge is 0.257 e. The Morgan fingerprint density at radius 1 is 1.40 bits per heavy atom. The Labute approximate surface area is 122 Å². The van der Waals surface area contributed by atoms with Gasteiger partial charge in [-0.3, -0.25) is 9.78 Å². The maximum atomic E-state index is 12.8. The zero-order chi connectivity index (χ0) is 13.9. The second kappa shape index (κ2) is 5.79. The van der Waals surface area contributed by atoms with E-state index in [4.69, 9.17) is 11.6 Å². The van der Waals surface area contributed by atoms with E-state index < -0.39 is 0 Å². The summed E-state index contributed by atoms with van der Waals surface area (Å²) in [6.07, 6.45) is 10.8. The van der Waals surface area contributed by atoms with Crippen molar-refractivity contribution in [2.75, 3.05) is 12.4 Å². The zero-order valence-corrected chi connectivity index (χ0v) is 12.0. The number of alkyl halides is 1. The number of amides is 1. The Morgan fingerprint density at radius 2 is 2.30 bits per heavy atom. The van der Waals surface area contributed by atoms with E-state index in [1.165, 1.54) is 6.42 Å². The van der Waals surface area contributed by atoms with Crippen LogP contribution in [0, 0.1) is 0 Å². The van der Waals surface area contributed by atoms with Crippen LogP contribution < -0.4 is 0 Å². The topological polar surface area (TPSA) is 50.5 Å². The van der Waals surface area contributed by atoms with Gasteiger partial charge in [0.1, 0.15) is 0 Å². The van der Waals surface area contributed by atoms with Gasteiger partial charge in [0.2, 0.25) is 0 Å². The number of hydrogen-bond donors (Lipinski definition) is 0. The van der Waals surface area contributed by atoms with Gasteiger partial charge in [-0.25, -0.2) is 4.52 Å². The van der Waals surface area contributed by atoms with Crippen molar-refractivity contribution in [1.29, 1.82) is 0 Å². The third-order valence-electron chi connectivity index (χ3n) is 3.89. The molecule has 0 radical (unpaired) electrons. The van der Waals surface area contributed by atoms with Crippen molar-refractivity contribution >= 4 is 23.0 Å². The molecular weight excluding hydrogens is 276 g/mol. The van der Waals surface area contributed by atoms with Crippen LogP contribution in [0.1, 0.15) is 36.0 Å². The van der Waals surface area contributed by atoms with Crippen LogP contribution >= 0.6 is 11.6 Å². The van der Waals surface area contributed by atoms with Crippen molar-refractivity contribution in [1.82, 2.24) is 19.5 Å². The molecule has 2 aromatic rings. The molecule has 0 aliphatic carbocycles. The third-order valence-corrected chi connectivity index (χ3v) is 4.10. The number of halogens is 1. The molecule has 0 N–H and O–H groups in total. The summed E-state index contributed by atoms with van der Waals surface area (Å²) in [6.45, 7) is 0.804. The SMILES string of the molecule is O=C(c1cnn2ccncc12)N1CCCCC1CCCl. The molecule has 2 aromatic heterocycles. The minimum atomic E-state index is 0.0443. The number of aromatic nitrogens is 3. The van der Waals surface area contributed by atoms with Gasteiger partial charge in [-0.05, 0) is 25.7 Å². The molecule has 1 atom stereocenters. The number of rotatable bonds is 3. The second-order valence-corrected chi connectivity index (χ2v) is 5.47. The maximum Gasteiger partial charge on any atom is 0.257 e. The van der Waals surface area contributed by atoms with E-state index in [0.717, 1.165) is 31.3 Å². The standard InChI is InChI=1S/C14H17ClN4O/c15-5-4-11-3-1-2-7-18(11)14(20)12-9-17-19-8-6-16-10-13(12)19/h6,8-11H,1-5,7H2. The van der Waals surface area contributed by atoms with E-state index in [1.54, 1.807) is 29.3 Å². The van der Waals surface area contributed by atoms with Crippen LogP contribution in [0.2, 0.25) is 0 Å². The van der Waals surface area contributed by atoms with Crippen molar-refractivity contribution in [2.45, 2.75) is 31.7 Å². The quantitative estimate of drug-likeness (QED) is 0.816. The third kappa shape index (κ3) is 2.38. The van der Waals surface area contributed by atoms with Gasteiger partial charge < -0.3 is 4.90 Å². The molecule has 5 nitrogen and oxygen atoms in total. The highest BCUT2D eigenvalue weighted by Gasteiger charge is 2.28. The first-order chi connectivity index (χ1) is 9.81. The average Bonchev–Trinajstić information content (AvgIpc) is 2.91. The number of hydrogen-bond acceptors (Lipinski definition) is 3. The van der Waals surface area contributed by atoms with E-state index in [2.05, 4.69) is 10.1 Å². The number of carbonyl (C=O) groups is 1. The second-order valence-electron chi connectivity index (χ2n) is 5.09. The minimum absolute atomic E-state index is 0.0443. The van der Waals surface area contributed by atoms with Gasteiger partial charge in [-0.15, -0.1) is 11.6 Å². The van der Waals surface area contributed by atoms with E-state index in [0.29, 0.717) is 11.4 Å². The predicted octanol–water partition coefficient (Wildman–Crippen LogP) is 2.35. The van der Waals surface area contributed by atoms with Gasteiger partial charge in [0.15, 0.2) is 0 Å². The van der Waals surface area contributed by atoms with Crippen LogP contribution in [-0.2, 0) is 0 Å². The largest absolute Gasteiger partial charge is 0.336 e. The normalized spacial score (nSPS) is 19.4. The van der Waals surface area contributed by atoms with Crippen LogP contribution in [0.25, 0.3) is 5.52 Å². The maximum absolute atomic E-state index is 12.8. The summed E-state index contributed by atoms with van der Waals surface area (Å²) in [6, 6.07) is 0.250. The fraction of sp³-hybridized carbons (Fsp3) is 0.500. The fourth-order valence-corrected chi connectivity index (χ4v) is 3.10. The molecule has 1 saturated heterocycles. The number of likely N-dealkylation sites (tertiary alicyclic amines) is 1. The first-order valence-corrected chi connectivity index (χ1v) is 7.49. The molecule has 0 aromatic carbocycles. The highest BCUT2D eigenvalue weighted by atomic mass is 35.5. The first kappa shape index (κ1) is 13.4. The van der Waals surface area contributed by atoms with Crippen LogP contribution in [0.4, 0.5) is 0 Å². The summed E-state index contributed by atoms with van der Waals surface area (Å²) in [4.78, 5) is 18.8. The van der Waals surface area contributed by atoms with Crippen LogP contribution in [0.15, 0.2) is 24.8 Å². The van der Waals surface area contributed by atoms with Crippen molar-refractivity contribution in [2.24, 2.45) is 0 Å². The summed E-state index contributed by atoms with van der Waals surface area (Å²) < 4.78 is 1.68. The van der Waals surface area contributed by atoms with Crippen molar-refractivity contribution in [3.05, 3.63) is 30.4 Å². The van der Waals surface area contributed by atoms with Crippen LogP contribution in [-0.4, -0.2) is 43.9 Å². The van der Waals surface area contributed by atoms with Crippen molar-refractivity contribution in [3.63, 3.8) is 0 Å². The molecule has 1 unspecified atom stereocenters. The molecule has 106 valence electrons. The molecule has 0 bridgehead atoms. The van der Waals surface area contributed by atoms with Gasteiger partial charge >= 0.3 is 0 Å². The molecule has 20 heavy (non-hydrogen) atoms. The zero-order valence-electron chi connectivity index (χ0n) is 11.2. The molecule has 0 saturated carbocycles. The van der Waals surface area contributed by atoms with Crippen LogP contribution in [0.3, 0.4) is 0 Å². The number of nitrogens with zero attached hydrogens (tertiary/aromatic N) is 4. The Kier molecular flexibility index (Phi) is 3.87. The average molecular weight is 293 g/mol. The number of carbonyl (C=O) groups excluding carboxylic acids is 1. The monoisotopic (exact) mass is 292 g/mol. The van der Waals surface area contributed by atoms with E-state index in [9.17, 15) is 4.79 Å². The Morgan fingerprint density at radius 3 is 3.15 bits per heavy atom. The molecule has 3 heterocycles. The Bertz CT molecular complexity index is 610. The summed E-state index contributed by atoms with van der Waals surface area (Å²) in [5.41, 5.74) is 1.38. The van der Waals surface area contributed by atoms with E-state index in [1.807, 2.05) is 4.90 Å². The molecule has 6 heteroatoms. The summed E-state index contributed by atoms with van der Waals surface area (Å²) in [7, 11) is 0. The van der Waals surface area contributed by atoms with Gasteiger partial charge in [0.25, 0.3) is 5.91 Å². The molecule has 1 aliphatic heterocycles. The summed E-state index contributed by atoms with van der Waals surface area (Å²) >= 11 is 5.86. The van der Waals surface area contributed by atoms with E-state index >= 15 is 0 Å². The first-order valence-electron chi connectivity index (χ1n) is 6.95. The van der Waals surface area contributed by atoms with Gasteiger partial charge in [0, 0.05) is 30.9 Å². The lowest BCUT2D eigenvalue weighted by molar-refractivity contribution is 0.0611. The lowest BCUT2D eigenvalue weighted by Crippen LogP contribution is -2.43. The highest BCUT2D eigenvalue weighted by Crippen LogP contribution is 2.23. The minimum Gasteiger partial charge on any atom is -0.336 e. The molecule has 1 amide bonds.